The average molecular weight is 439 g/mol. The molecule has 1 atom stereocenters. The summed E-state index contributed by atoms with van der Waals surface area (Å²) in [7, 11) is 0. The van der Waals surface area contributed by atoms with Crippen molar-refractivity contribution in [2.24, 2.45) is 0 Å². The first-order valence-corrected chi connectivity index (χ1v) is 9.87. The van der Waals surface area contributed by atoms with Crippen molar-refractivity contribution in [2.45, 2.75) is 23.9 Å². The van der Waals surface area contributed by atoms with Gasteiger partial charge in [0.2, 0.25) is 0 Å². The maximum Gasteiger partial charge on any atom is -1.00 e. The molecule has 5 heteroatoms. The van der Waals surface area contributed by atoms with Crippen molar-refractivity contribution in [3.05, 3.63) is 57.4 Å². The van der Waals surface area contributed by atoms with Crippen LogP contribution in [0, 0.1) is 0 Å². The van der Waals surface area contributed by atoms with Gasteiger partial charge in [0.15, 0.2) is 0 Å². The molecule has 121 valence electrons. The SMILES string of the molecule is CCN(CC)C[CH]([Zr+3][C]1=CC=CC1)c1ccccc1.[Cl-].[Cl-].[Cl-]. The van der Waals surface area contributed by atoms with E-state index in [1.807, 2.05) is 0 Å². The molecule has 0 heterocycles. The molecule has 0 aliphatic heterocycles. The molecule has 0 saturated heterocycles. The zero-order valence-corrected chi connectivity index (χ0v) is 17.8. The van der Waals surface area contributed by atoms with E-state index in [1.54, 1.807) is 8.84 Å². The van der Waals surface area contributed by atoms with Crippen molar-refractivity contribution in [3.63, 3.8) is 0 Å². The molecule has 1 aliphatic rings. The van der Waals surface area contributed by atoms with Crippen molar-refractivity contribution < 1.29 is 60.5 Å². The number of hydrogen-bond donors (Lipinski definition) is 0. The molecule has 0 N–H and O–H groups in total. The van der Waals surface area contributed by atoms with Gasteiger partial charge in [-0.1, -0.05) is 0 Å². The molecule has 0 amide bonds. The Balaban J connectivity index is 0. The van der Waals surface area contributed by atoms with Gasteiger partial charge in [0.1, 0.15) is 0 Å². The van der Waals surface area contributed by atoms with Crippen LogP contribution in [0.15, 0.2) is 51.8 Å². The minimum absolute atomic E-state index is 0. The van der Waals surface area contributed by atoms with E-state index in [9.17, 15) is 0 Å². The molecule has 0 spiro atoms. The van der Waals surface area contributed by atoms with Crippen LogP contribution in [0.3, 0.4) is 0 Å². The molecular weight excluding hydrogens is 416 g/mol. The predicted octanol–water partition coefficient (Wildman–Crippen LogP) is -4.99. The van der Waals surface area contributed by atoms with Crippen molar-refractivity contribution in [3.8, 4) is 0 Å². The third-order valence-corrected chi connectivity index (χ3v) is 7.62. The first kappa shape index (κ1) is 24.7. The predicted molar refractivity (Wildman–Crippen MR) is 78.8 cm³/mol. The Labute approximate surface area is 165 Å². The summed E-state index contributed by atoms with van der Waals surface area (Å²) < 4.78 is 2.53. The molecule has 1 aromatic carbocycles. The van der Waals surface area contributed by atoms with Crippen LogP contribution < -0.4 is 37.2 Å². The molecule has 1 nitrogen and oxygen atoms in total. The van der Waals surface area contributed by atoms with Gasteiger partial charge in [-0.3, -0.25) is 0 Å². The quantitative estimate of drug-likeness (QED) is 0.412. The number of allylic oxidation sites excluding steroid dienone is 4. The summed E-state index contributed by atoms with van der Waals surface area (Å²) in [5, 5.41) is 0. The van der Waals surface area contributed by atoms with Crippen LogP contribution >= 0.6 is 0 Å². The first-order valence-electron chi connectivity index (χ1n) is 7.23. The van der Waals surface area contributed by atoms with Crippen LogP contribution in [-0.2, 0) is 23.2 Å². The molecule has 1 aliphatic carbocycles. The minimum atomic E-state index is -0.512. The fourth-order valence-electron chi connectivity index (χ4n) is 2.44. The van der Waals surface area contributed by atoms with E-state index in [0.717, 1.165) is 16.7 Å². The summed E-state index contributed by atoms with van der Waals surface area (Å²) in [5.41, 5.74) is 1.55. The van der Waals surface area contributed by atoms with Gasteiger partial charge in [-0.2, -0.15) is 0 Å². The Morgan fingerprint density at radius 3 is 2.18 bits per heavy atom. The van der Waals surface area contributed by atoms with Gasteiger partial charge in [-0.15, -0.1) is 0 Å². The molecule has 2 rings (SSSR count). The van der Waals surface area contributed by atoms with Gasteiger partial charge >= 0.3 is 129 Å². The Kier molecular flexibility index (Phi) is 15.5. The second-order valence-electron chi connectivity index (χ2n) is 4.92. The van der Waals surface area contributed by atoms with Gasteiger partial charge in [-0.05, 0) is 0 Å². The van der Waals surface area contributed by atoms with Crippen LogP contribution in [0.5, 0.6) is 0 Å². The summed E-state index contributed by atoms with van der Waals surface area (Å²) in [6.07, 6.45) is 8.11. The summed E-state index contributed by atoms with van der Waals surface area (Å²) in [6.45, 7) is 8.10. The van der Waals surface area contributed by atoms with Gasteiger partial charge in [0, 0.05) is 0 Å². The summed E-state index contributed by atoms with van der Waals surface area (Å²) in [4.78, 5) is 2.57. The van der Waals surface area contributed by atoms with Crippen LogP contribution in [0.1, 0.15) is 29.5 Å². The zero-order valence-electron chi connectivity index (χ0n) is 13.1. The number of nitrogens with zero attached hydrogens (tertiary/aromatic N) is 1. The summed E-state index contributed by atoms with van der Waals surface area (Å²) in [5.74, 6) is 0. The minimum Gasteiger partial charge on any atom is -1.00 e. The molecule has 22 heavy (non-hydrogen) atoms. The molecular formula is C17H23Cl3NZr. The van der Waals surface area contributed by atoms with Crippen LogP contribution in [0.25, 0.3) is 0 Å². The second-order valence-corrected chi connectivity index (χ2v) is 8.92. The zero-order chi connectivity index (χ0) is 13.5. The molecule has 0 saturated carbocycles. The van der Waals surface area contributed by atoms with Crippen LogP contribution in [0.4, 0.5) is 0 Å². The number of hydrogen-bond acceptors (Lipinski definition) is 1. The molecule has 0 aromatic heterocycles. The third kappa shape index (κ3) is 7.80. The van der Waals surface area contributed by atoms with Gasteiger partial charge in [0.25, 0.3) is 0 Å². The van der Waals surface area contributed by atoms with E-state index in [4.69, 9.17) is 0 Å². The van der Waals surface area contributed by atoms with Crippen molar-refractivity contribution in [1.82, 2.24) is 4.90 Å². The standard InChI is InChI=1S/C12H18N.C5H5.3ClH.Zr/c1-3-13(4-2)11-10-12-8-6-5-7-9-12;1-2-4-5-3-1;;;;/h5-10H,3-4,11H2,1-2H3;1-3H,4H2;3*1H;/q;;;;;+3/p-3. The molecule has 1 unspecified atom stereocenters. The van der Waals surface area contributed by atoms with Gasteiger partial charge in [0.05, 0.1) is 0 Å². The topological polar surface area (TPSA) is 3.24 Å². The number of halogens is 3. The van der Waals surface area contributed by atoms with E-state index in [1.165, 1.54) is 13.0 Å². The molecule has 1 aromatic rings. The van der Waals surface area contributed by atoms with Crippen molar-refractivity contribution in [2.75, 3.05) is 19.6 Å². The molecule has 0 radical (unpaired) electrons. The van der Waals surface area contributed by atoms with E-state index < -0.39 is 23.2 Å². The van der Waals surface area contributed by atoms with Gasteiger partial charge in [-0.25, -0.2) is 0 Å². The Morgan fingerprint density at radius 2 is 1.68 bits per heavy atom. The van der Waals surface area contributed by atoms with E-state index in [0.29, 0.717) is 0 Å². The molecule has 0 fully saturated rings. The Bertz CT molecular complexity index is 444. The van der Waals surface area contributed by atoms with E-state index >= 15 is 0 Å². The van der Waals surface area contributed by atoms with Crippen LogP contribution in [0.2, 0.25) is 0 Å². The Hall–Kier alpha value is 0.413. The average Bonchev–Trinajstić information content (AvgIpc) is 2.97. The second kappa shape index (κ2) is 13.8. The smallest absolute Gasteiger partial charge is 1.00 e. The maximum absolute atomic E-state index is 2.57. The van der Waals surface area contributed by atoms with Crippen molar-refractivity contribution in [1.29, 1.82) is 0 Å². The maximum atomic E-state index is 2.57. The monoisotopic (exact) mass is 436 g/mol. The van der Waals surface area contributed by atoms with Crippen LogP contribution in [-0.4, -0.2) is 24.5 Å². The normalized spacial score (nSPS) is 13.3. The number of likely N-dealkylation sites (N-methyl/N-ethyl adjacent to an activating group) is 1. The van der Waals surface area contributed by atoms with Gasteiger partial charge < -0.3 is 37.2 Å². The van der Waals surface area contributed by atoms with Crippen molar-refractivity contribution >= 4 is 0 Å². The van der Waals surface area contributed by atoms with E-state index in [2.05, 4.69) is 67.3 Å². The fourth-order valence-corrected chi connectivity index (χ4v) is 6.33. The fraction of sp³-hybridized carbons (Fsp3) is 0.412. The third-order valence-electron chi connectivity index (χ3n) is 3.67. The number of rotatable bonds is 7. The molecule has 0 bridgehead atoms. The largest absolute Gasteiger partial charge is 1.00 e. The first-order chi connectivity index (χ1) is 9.33. The Morgan fingerprint density at radius 1 is 1.05 bits per heavy atom. The summed E-state index contributed by atoms with van der Waals surface area (Å²) >= 11 is -0.512. The number of benzene rings is 1. The van der Waals surface area contributed by atoms with E-state index in [-0.39, 0.29) is 37.2 Å². The summed E-state index contributed by atoms with van der Waals surface area (Å²) in [6, 6.07) is 11.1.